The molecule has 0 unspecified atom stereocenters. The number of carboxylic acid groups (broad SMARTS) is 1. The quantitative estimate of drug-likeness (QED) is 0.786. The Labute approximate surface area is 128 Å². The zero-order valence-electron chi connectivity index (χ0n) is 12.9. The number of aromatic nitrogens is 2. The van der Waals surface area contributed by atoms with Gasteiger partial charge < -0.3 is 20.3 Å². The Morgan fingerprint density at radius 3 is 2.68 bits per heavy atom. The Morgan fingerprint density at radius 1 is 1.36 bits per heavy atom. The van der Waals surface area contributed by atoms with Gasteiger partial charge in [0.25, 0.3) is 0 Å². The fourth-order valence-electron chi connectivity index (χ4n) is 2.27. The number of aromatic carboxylic acids is 1. The predicted molar refractivity (Wildman–Crippen MR) is 82.9 cm³/mol. The van der Waals surface area contributed by atoms with Crippen molar-refractivity contribution in [3.63, 3.8) is 0 Å². The van der Waals surface area contributed by atoms with Gasteiger partial charge in [-0.05, 0) is 39.0 Å². The predicted octanol–water partition coefficient (Wildman–Crippen LogP) is 1.96. The zero-order valence-corrected chi connectivity index (χ0v) is 12.9. The maximum atomic E-state index is 11.6. The van der Waals surface area contributed by atoms with Crippen molar-refractivity contribution in [3.8, 4) is 0 Å². The average molecular weight is 304 g/mol. The molecule has 0 aliphatic carbocycles. The Balaban J connectivity index is 2.25. The number of nitrogens with zero attached hydrogens (tertiary/aromatic N) is 2. The summed E-state index contributed by atoms with van der Waals surface area (Å²) in [4.78, 5) is 27.1. The number of carbonyl (C=O) groups excluding carboxylic acids is 1. The van der Waals surface area contributed by atoms with Crippen molar-refractivity contribution in [3.05, 3.63) is 29.6 Å². The lowest BCUT2D eigenvalue weighted by Crippen LogP contribution is -2.39. The van der Waals surface area contributed by atoms with Crippen LogP contribution < -0.4 is 10.6 Å². The first-order valence-electron chi connectivity index (χ1n) is 7.19. The van der Waals surface area contributed by atoms with Gasteiger partial charge in [0.05, 0.1) is 23.1 Å². The number of amides is 2. The fourth-order valence-corrected chi connectivity index (χ4v) is 2.27. The van der Waals surface area contributed by atoms with Crippen LogP contribution >= 0.6 is 0 Å². The molecule has 2 aromatic rings. The van der Waals surface area contributed by atoms with E-state index in [2.05, 4.69) is 15.6 Å². The minimum Gasteiger partial charge on any atom is -0.478 e. The number of hydrogen-bond acceptors (Lipinski definition) is 3. The number of imidazole rings is 1. The standard InChI is InChI=1S/C15H20N4O3/c1-4-19-12-6-5-10(14(20)21)7-11(12)18-13(19)8-16-15(22)17-9(2)3/h5-7,9H,4,8H2,1-3H3,(H,20,21)(H2,16,17,22). The first kappa shape index (κ1) is 15.8. The molecule has 7 heteroatoms. The van der Waals surface area contributed by atoms with Crippen LogP contribution in [0.1, 0.15) is 37.0 Å². The number of carboxylic acids is 1. The Bertz CT molecular complexity index is 706. The number of aryl methyl sites for hydroxylation is 1. The number of nitrogens with one attached hydrogen (secondary N) is 2. The zero-order chi connectivity index (χ0) is 16.3. The SMILES string of the molecule is CCn1c(CNC(=O)NC(C)C)nc2cc(C(=O)O)ccc21. The molecule has 3 N–H and O–H groups in total. The van der Waals surface area contributed by atoms with Gasteiger partial charge in [-0.2, -0.15) is 0 Å². The molecule has 0 atom stereocenters. The van der Waals surface area contributed by atoms with Crippen LogP contribution in [0.5, 0.6) is 0 Å². The van der Waals surface area contributed by atoms with E-state index in [0.717, 1.165) is 5.52 Å². The van der Waals surface area contributed by atoms with Gasteiger partial charge >= 0.3 is 12.0 Å². The molecule has 0 saturated carbocycles. The summed E-state index contributed by atoms with van der Waals surface area (Å²) in [7, 11) is 0. The molecular formula is C15H20N4O3. The van der Waals surface area contributed by atoms with Gasteiger partial charge in [-0.25, -0.2) is 14.6 Å². The minimum atomic E-state index is -0.982. The maximum absolute atomic E-state index is 11.6. The Kier molecular flexibility index (Phi) is 4.65. The molecule has 2 rings (SSSR count). The number of benzene rings is 1. The van der Waals surface area contributed by atoms with Crippen LogP contribution in [-0.4, -0.2) is 32.7 Å². The van der Waals surface area contributed by atoms with Crippen LogP contribution in [0.3, 0.4) is 0 Å². The molecule has 7 nitrogen and oxygen atoms in total. The van der Waals surface area contributed by atoms with Gasteiger partial charge in [0.15, 0.2) is 0 Å². The molecule has 2 amide bonds. The highest BCUT2D eigenvalue weighted by molar-refractivity contribution is 5.92. The number of rotatable bonds is 5. The Hall–Kier alpha value is -2.57. The summed E-state index contributed by atoms with van der Waals surface area (Å²) >= 11 is 0. The molecule has 118 valence electrons. The van der Waals surface area contributed by atoms with E-state index in [1.54, 1.807) is 18.2 Å². The molecule has 1 aromatic heterocycles. The van der Waals surface area contributed by atoms with Crippen molar-refractivity contribution in [2.24, 2.45) is 0 Å². The van der Waals surface area contributed by atoms with Gasteiger partial charge in [-0.3, -0.25) is 0 Å². The smallest absolute Gasteiger partial charge is 0.335 e. The van der Waals surface area contributed by atoms with Crippen molar-refractivity contribution in [1.82, 2.24) is 20.2 Å². The lowest BCUT2D eigenvalue weighted by atomic mass is 10.2. The monoisotopic (exact) mass is 304 g/mol. The highest BCUT2D eigenvalue weighted by Crippen LogP contribution is 2.18. The second-order valence-electron chi connectivity index (χ2n) is 5.26. The van der Waals surface area contributed by atoms with E-state index in [1.165, 1.54) is 0 Å². The van der Waals surface area contributed by atoms with Crippen LogP contribution in [0.2, 0.25) is 0 Å². The molecule has 0 bridgehead atoms. The van der Waals surface area contributed by atoms with Gasteiger partial charge in [-0.1, -0.05) is 0 Å². The summed E-state index contributed by atoms with van der Waals surface area (Å²) in [5.41, 5.74) is 1.67. The van der Waals surface area contributed by atoms with E-state index in [9.17, 15) is 9.59 Å². The van der Waals surface area contributed by atoms with E-state index >= 15 is 0 Å². The van der Waals surface area contributed by atoms with Crippen LogP contribution in [0, 0.1) is 0 Å². The van der Waals surface area contributed by atoms with Crippen molar-refractivity contribution >= 4 is 23.0 Å². The molecule has 0 saturated heterocycles. The topological polar surface area (TPSA) is 96.3 Å². The normalized spacial score (nSPS) is 10.9. The highest BCUT2D eigenvalue weighted by Gasteiger charge is 2.13. The molecule has 1 aromatic carbocycles. The van der Waals surface area contributed by atoms with Crippen molar-refractivity contribution in [2.45, 2.75) is 39.9 Å². The molecule has 0 fully saturated rings. The van der Waals surface area contributed by atoms with Crippen LogP contribution in [0.25, 0.3) is 11.0 Å². The molecule has 0 aliphatic heterocycles. The third-order valence-electron chi connectivity index (χ3n) is 3.22. The summed E-state index contributed by atoms with van der Waals surface area (Å²) in [6, 6.07) is 4.65. The maximum Gasteiger partial charge on any atom is 0.335 e. The van der Waals surface area contributed by atoms with Gasteiger partial charge in [0.1, 0.15) is 5.82 Å². The number of hydrogen-bond donors (Lipinski definition) is 3. The average Bonchev–Trinajstić information content (AvgIpc) is 2.80. The van der Waals surface area contributed by atoms with E-state index in [0.29, 0.717) is 17.9 Å². The van der Waals surface area contributed by atoms with E-state index in [1.807, 2.05) is 25.3 Å². The second kappa shape index (κ2) is 6.46. The highest BCUT2D eigenvalue weighted by atomic mass is 16.4. The van der Waals surface area contributed by atoms with Gasteiger partial charge in [0, 0.05) is 12.6 Å². The van der Waals surface area contributed by atoms with Crippen molar-refractivity contribution < 1.29 is 14.7 Å². The third-order valence-corrected chi connectivity index (χ3v) is 3.22. The van der Waals surface area contributed by atoms with E-state index < -0.39 is 5.97 Å². The van der Waals surface area contributed by atoms with Gasteiger partial charge in [0.2, 0.25) is 0 Å². The van der Waals surface area contributed by atoms with Crippen molar-refractivity contribution in [2.75, 3.05) is 0 Å². The van der Waals surface area contributed by atoms with E-state index in [4.69, 9.17) is 5.11 Å². The number of fused-ring (bicyclic) bond motifs is 1. The third kappa shape index (κ3) is 3.36. The van der Waals surface area contributed by atoms with Crippen molar-refractivity contribution in [1.29, 1.82) is 0 Å². The fraction of sp³-hybridized carbons (Fsp3) is 0.400. The van der Waals surface area contributed by atoms with Gasteiger partial charge in [-0.15, -0.1) is 0 Å². The number of urea groups is 1. The second-order valence-corrected chi connectivity index (χ2v) is 5.26. The number of carbonyl (C=O) groups is 2. The minimum absolute atomic E-state index is 0.0584. The summed E-state index contributed by atoms with van der Waals surface area (Å²) in [6.07, 6.45) is 0. The molecule has 0 radical (unpaired) electrons. The van der Waals surface area contributed by atoms with Crippen LogP contribution in [0.15, 0.2) is 18.2 Å². The first-order valence-corrected chi connectivity index (χ1v) is 7.19. The summed E-state index contributed by atoms with van der Waals surface area (Å²) < 4.78 is 1.95. The summed E-state index contributed by atoms with van der Waals surface area (Å²) in [5.74, 6) is -0.289. The summed E-state index contributed by atoms with van der Waals surface area (Å²) in [5, 5.41) is 14.5. The molecule has 1 heterocycles. The lowest BCUT2D eigenvalue weighted by molar-refractivity contribution is 0.0697. The first-order chi connectivity index (χ1) is 10.4. The molecular weight excluding hydrogens is 284 g/mol. The van der Waals surface area contributed by atoms with Crippen LogP contribution in [0.4, 0.5) is 4.79 Å². The summed E-state index contributed by atoms with van der Waals surface area (Å²) in [6.45, 7) is 6.71. The largest absolute Gasteiger partial charge is 0.478 e. The molecule has 0 aliphatic rings. The lowest BCUT2D eigenvalue weighted by Gasteiger charge is -2.10. The molecule has 0 spiro atoms. The van der Waals surface area contributed by atoms with Crippen LogP contribution in [-0.2, 0) is 13.1 Å². The Morgan fingerprint density at radius 2 is 2.09 bits per heavy atom. The molecule has 22 heavy (non-hydrogen) atoms. The van der Waals surface area contributed by atoms with E-state index in [-0.39, 0.29) is 24.2 Å².